The topological polar surface area (TPSA) is 58.6 Å². The van der Waals surface area contributed by atoms with Crippen molar-refractivity contribution in [3.05, 3.63) is 0 Å². The van der Waals surface area contributed by atoms with Crippen molar-refractivity contribution in [1.82, 2.24) is 5.32 Å². The van der Waals surface area contributed by atoms with E-state index >= 15 is 0 Å². The highest BCUT2D eigenvalue weighted by Gasteiger charge is 2.44. The van der Waals surface area contributed by atoms with Crippen molar-refractivity contribution >= 4 is 5.97 Å². The number of aliphatic carboxylic acids is 1. The number of hydrogen-bond acceptors (Lipinski definition) is 3. The molecule has 2 rings (SSSR count). The van der Waals surface area contributed by atoms with Gasteiger partial charge in [0, 0.05) is 19.6 Å². The molecule has 0 aliphatic heterocycles. The third kappa shape index (κ3) is 2.80. The average Bonchev–Trinajstić information content (AvgIpc) is 2.81. The summed E-state index contributed by atoms with van der Waals surface area (Å²) in [5, 5.41) is 13.0. The zero-order valence-corrected chi connectivity index (χ0v) is 10.6. The predicted octanol–water partition coefficient (Wildman–Crippen LogP) is 1.93. The lowest BCUT2D eigenvalue weighted by Crippen LogP contribution is -2.58. The second-order valence-electron chi connectivity index (χ2n) is 5.47. The van der Waals surface area contributed by atoms with Gasteiger partial charge in [-0.2, -0.15) is 0 Å². The Labute approximate surface area is 103 Å². The van der Waals surface area contributed by atoms with Crippen LogP contribution in [0.3, 0.4) is 0 Å². The van der Waals surface area contributed by atoms with Crippen molar-refractivity contribution < 1.29 is 14.6 Å². The lowest BCUT2D eigenvalue weighted by Gasteiger charge is -2.39. The zero-order valence-electron chi connectivity index (χ0n) is 10.6. The van der Waals surface area contributed by atoms with Crippen molar-refractivity contribution in [2.45, 2.75) is 69.1 Å². The molecule has 4 heteroatoms. The van der Waals surface area contributed by atoms with Gasteiger partial charge in [0.25, 0.3) is 0 Å². The fourth-order valence-electron chi connectivity index (χ4n) is 3.27. The van der Waals surface area contributed by atoms with Crippen LogP contribution in [-0.2, 0) is 9.53 Å². The molecule has 2 N–H and O–H groups in total. The van der Waals surface area contributed by atoms with Crippen molar-refractivity contribution in [3.8, 4) is 0 Å². The Kier molecular flexibility index (Phi) is 4.05. The molecule has 0 amide bonds. The van der Waals surface area contributed by atoms with Crippen LogP contribution in [0.4, 0.5) is 0 Å². The molecular weight excluding hydrogens is 218 g/mol. The molecule has 2 atom stereocenters. The normalized spacial score (nSPS) is 35.0. The van der Waals surface area contributed by atoms with E-state index in [2.05, 4.69) is 5.32 Å². The van der Waals surface area contributed by atoms with E-state index in [-0.39, 0.29) is 6.10 Å². The molecule has 0 saturated heterocycles. The maximum Gasteiger partial charge on any atom is 0.324 e. The van der Waals surface area contributed by atoms with Crippen molar-refractivity contribution in [2.75, 3.05) is 7.11 Å². The highest BCUT2D eigenvalue weighted by molar-refractivity contribution is 5.79. The molecule has 0 radical (unpaired) electrons. The van der Waals surface area contributed by atoms with E-state index in [9.17, 15) is 9.90 Å². The smallest absolute Gasteiger partial charge is 0.324 e. The highest BCUT2D eigenvalue weighted by atomic mass is 16.5. The number of carbonyl (C=O) groups is 1. The van der Waals surface area contributed by atoms with Gasteiger partial charge in [-0.05, 0) is 32.1 Å². The van der Waals surface area contributed by atoms with Crippen LogP contribution in [0.2, 0.25) is 0 Å². The van der Waals surface area contributed by atoms with Gasteiger partial charge in [-0.15, -0.1) is 0 Å². The van der Waals surface area contributed by atoms with Gasteiger partial charge < -0.3 is 9.84 Å². The average molecular weight is 241 g/mol. The SMILES string of the molecule is COC1CCCC(NC2CCCC2)(C(=O)O)C1. The number of carboxylic acid groups (broad SMARTS) is 1. The second-order valence-corrected chi connectivity index (χ2v) is 5.47. The fourth-order valence-corrected chi connectivity index (χ4v) is 3.27. The van der Waals surface area contributed by atoms with Gasteiger partial charge in [0.05, 0.1) is 6.10 Å². The molecule has 0 aromatic rings. The summed E-state index contributed by atoms with van der Waals surface area (Å²) in [6, 6.07) is 0.390. The number of hydrogen-bond donors (Lipinski definition) is 2. The number of methoxy groups -OCH3 is 1. The van der Waals surface area contributed by atoms with Crippen LogP contribution in [0.25, 0.3) is 0 Å². The minimum Gasteiger partial charge on any atom is -0.480 e. The fraction of sp³-hybridized carbons (Fsp3) is 0.923. The third-order valence-electron chi connectivity index (χ3n) is 4.28. The van der Waals surface area contributed by atoms with E-state index in [1.165, 1.54) is 12.8 Å². The molecule has 2 fully saturated rings. The van der Waals surface area contributed by atoms with E-state index < -0.39 is 11.5 Å². The molecule has 0 heterocycles. The Hall–Kier alpha value is -0.610. The molecule has 2 saturated carbocycles. The van der Waals surface area contributed by atoms with Crippen LogP contribution in [0, 0.1) is 0 Å². The molecule has 2 aliphatic carbocycles. The molecule has 2 aliphatic rings. The molecule has 0 aromatic heterocycles. The molecular formula is C13H23NO3. The minimum atomic E-state index is -0.742. The minimum absolute atomic E-state index is 0.0914. The summed E-state index contributed by atoms with van der Waals surface area (Å²) in [5.74, 6) is -0.703. The van der Waals surface area contributed by atoms with Gasteiger partial charge in [0.1, 0.15) is 5.54 Å². The summed E-state index contributed by atoms with van der Waals surface area (Å²) in [5.41, 5.74) is -0.742. The Morgan fingerprint density at radius 3 is 2.59 bits per heavy atom. The van der Waals surface area contributed by atoms with Crippen molar-refractivity contribution in [2.24, 2.45) is 0 Å². The first kappa shape index (κ1) is 12.8. The summed E-state index contributed by atoms with van der Waals surface area (Å²) >= 11 is 0. The van der Waals surface area contributed by atoms with Gasteiger partial charge in [-0.25, -0.2) is 0 Å². The second kappa shape index (κ2) is 5.36. The molecule has 2 unspecified atom stereocenters. The Morgan fingerprint density at radius 1 is 1.29 bits per heavy atom. The molecule has 98 valence electrons. The maximum atomic E-state index is 11.6. The molecule has 4 nitrogen and oxygen atoms in total. The largest absolute Gasteiger partial charge is 0.480 e. The zero-order chi connectivity index (χ0) is 12.3. The molecule has 0 spiro atoms. The van der Waals surface area contributed by atoms with E-state index in [0.717, 1.165) is 32.1 Å². The maximum absolute atomic E-state index is 11.6. The highest BCUT2D eigenvalue weighted by Crippen LogP contribution is 2.32. The monoisotopic (exact) mass is 241 g/mol. The molecule has 0 bridgehead atoms. The van der Waals surface area contributed by atoms with Crippen LogP contribution in [0.5, 0.6) is 0 Å². The lowest BCUT2D eigenvalue weighted by molar-refractivity contribution is -0.149. The van der Waals surface area contributed by atoms with Crippen LogP contribution < -0.4 is 5.32 Å². The van der Waals surface area contributed by atoms with E-state index in [1.807, 2.05) is 0 Å². The predicted molar refractivity (Wildman–Crippen MR) is 65.0 cm³/mol. The Morgan fingerprint density at radius 2 is 2.00 bits per heavy atom. The van der Waals surface area contributed by atoms with Gasteiger partial charge in [-0.3, -0.25) is 10.1 Å². The first-order chi connectivity index (χ1) is 8.16. The van der Waals surface area contributed by atoms with Gasteiger partial charge in [0.2, 0.25) is 0 Å². The summed E-state index contributed by atoms with van der Waals surface area (Å²) < 4.78 is 5.36. The molecule has 17 heavy (non-hydrogen) atoms. The van der Waals surface area contributed by atoms with Gasteiger partial charge in [-0.1, -0.05) is 12.8 Å². The van der Waals surface area contributed by atoms with Gasteiger partial charge in [0.15, 0.2) is 0 Å². The number of nitrogens with one attached hydrogen (secondary N) is 1. The van der Waals surface area contributed by atoms with Crippen LogP contribution >= 0.6 is 0 Å². The Balaban J connectivity index is 2.05. The first-order valence-corrected chi connectivity index (χ1v) is 6.70. The first-order valence-electron chi connectivity index (χ1n) is 6.70. The summed E-state index contributed by atoms with van der Waals surface area (Å²) in [6.07, 6.45) is 8.03. The summed E-state index contributed by atoms with van der Waals surface area (Å²) in [4.78, 5) is 11.6. The Bertz CT molecular complexity index is 276. The van der Waals surface area contributed by atoms with Crippen LogP contribution in [0.1, 0.15) is 51.4 Å². The van der Waals surface area contributed by atoms with Crippen molar-refractivity contribution in [1.29, 1.82) is 0 Å². The number of ether oxygens (including phenoxy) is 1. The van der Waals surface area contributed by atoms with Crippen LogP contribution in [-0.4, -0.2) is 35.9 Å². The van der Waals surface area contributed by atoms with E-state index in [1.54, 1.807) is 7.11 Å². The summed E-state index contributed by atoms with van der Waals surface area (Å²) in [7, 11) is 1.68. The quantitative estimate of drug-likeness (QED) is 0.789. The van der Waals surface area contributed by atoms with E-state index in [0.29, 0.717) is 12.5 Å². The standard InChI is InChI=1S/C13H23NO3/c1-17-11-7-4-8-13(9-11,12(15)16)14-10-5-2-3-6-10/h10-11,14H,2-9H2,1H3,(H,15,16). The van der Waals surface area contributed by atoms with Crippen molar-refractivity contribution in [3.63, 3.8) is 0 Å². The van der Waals surface area contributed by atoms with Crippen LogP contribution in [0.15, 0.2) is 0 Å². The third-order valence-corrected chi connectivity index (χ3v) is 4.28. The van der Waals surface area contributed by atoms with E-state index in [4.69, 9.17) is 4.74 Å². The summed E-state index contributed by atoms with van der Waals surface area (Å²) in [6.45, 7) is 0. The number of carboxylic acids is 1. The molecule has 0 aromatic carbocycles. The van der Waals surface area contributed by atoms with Gasteiger partial charge >= 0.3 is 5.97 Å². The lowest BCUT2D eigenvalue weighted by atomic mass is 9.79. The number of rotatable bonds is 4.